The van der Waals surface area contributed by atoms with Crippen LogP contribution in [0, 0.1) is 17.8 Å². The molecule has 0 fully saturated rings. The Morgan fingerprint density at radius 2 is 1.50 bits per heavy atom. The number of hydrogen-bond donors (Lipinski definition) is 0. The molecule has 0 aliphatic heterocycles. The summed E-state index contributed by atoms with van der Waals surface area (Å²) in [5.41, 5.74) is 1.54. The molecule has 0 saturated heterocycles. The van der Waals surface area contributed by atoms with Gasteiger partial charge in [-0.2, -0.15) is 0 Å². The van der Waals surface area contributed by atoms with Crippen LogP contribution in [0.2, 0.25) is 0 Å². The van der Waals surface area contributed by atoms with E-state index in [0.29, 0.717) is 0 Å². The van der Waals surface area contributed by atoms with Gasteiger partial charge in [-0.25, -0.2) is 0 Å². The molecule has 0 nitrogen and oxygen atoms in total. The molecule has 0 aromatic heterocycles. The van der Waals surface area contributed by atoms with Crippen molar-refractivity contribution in [3.63, 3.8) is 0 Å². The zero-order chi connectivity index (χ0) is 16.0. The molecule has 0 radical (unpaired) electrons. The van der Waals surface area contributed by atoms with Crippen molar-refractivity contribution in [2.24, 2.45) is 17.8 Å². The third-order valence-electron chi connectivity index (χ3n) is 3.88. The molecule has 0 saturated carbocycles. The van der Waals surface area contributed by atoms with Gasteiger partial charge >= 0.3 is 0 Å². The largest absolute Gasteiger partial charge is 0.0883 e. The van der Waals surface area contributed by atoms with Gasteiger partial charge in [0, 0.05) is 0 Å². The zero-order valence-corrected chi connectivity index (χ0v) is 15.5. The Morgan fingerprint density at radius 1 is 0.900 bits per heavy atom. The van der Waals surface area contributed by atoms with Crippen molar-refractivity contribution in [1.82, 2.24) is 0 Å². The first-order valence-corrected chi connectivity index (χ1v) is 8.69. The van der Waals surface area contributed by atoms with Gasteiger partial charge in [0.25, 0.3) is 0 Å². The lowest BCUT2D eigenvalue weighted by Crippen LogP contribution is -1.98. The summed E-state index contributed by atoms with van der Waals surface area (Å²) in [4.78, 5) is 0. The molecule has 0 spiro atoms. The van der Waals surface area contributed by atoms with Gasteiger partial charge in [-0.3, -0.25) is 0 Å². The molecular formula is C20H40. The van der Waals surface area contributed by atoms with Gasteiger partial charge in [-0.1, -0.05) is 91.5 Å². The fraction of sp³-hybridized carbons (Fsp3) is 0.800. The van der Waals surface area contributed by atoms with Crippen LogP contribution in [0.1, 0.15) is 87.5 Å². The Bertz CT molecular complexity index is 243. The Labute approximate surface area is 129 Å². The minimum Gasteiger partial charge on any atom is -0.0883 e. The quantitative estimate of drug-likeness (QED) is 0.320. The second kappa shape index (κ2) is 14.9. The molecule has 1 unspecified atom stereocenters. The van der Waals surface area contributed by atoms with Gasteiger partial charge in [0.05, 0.1) is 0 Å². The van der Waals surface area contributed by atoms with Crippen LogP contribution in [0.25, 0.3) is 0 Å². The summed E-state index contributed by atoms with van der Waals surface area (Å²) in [5.74, 6) is 2.26. The number of unbranched alkanes of at least 4 members (excludes halogenated alkanes) is 3. The first-order chi connectivity index (χ1) is 9.36. The highest BCUT2D eigenvalue weighted by molar-refractivity contribution is 5.00. The molecule has 0 aromatic carbocycles. The van der Waals surface area contributed by atoms with Crippen LogP contribution in [0.4, 0.5) is 0 Å². The molecular weight excluding hydrogens is 240 g/mol. The van der Waals surface area contributed by atoms with Gasteiger partial charge < -0.3 is 0 Å². The highest BCUT2D eigenvalue weighted by Gasteiger charge is 2.00. The van der Waals surface area contributed by atoms with Gasteiger partial charge in [-0.05, 0) is 37.5 Å². The molecule has 0 heterocycles. The standard InChI is InChI=1S/2C10H20/c2*1-5-6-7-8-10(4)9(2)3/h8-9H,5-7H2,1-4H3;7-10H,5-6H2,1-4H3. The molecule has 0 bridgehead atoms. The molecule has 0 aromatic rings. The van der Waals surface area contributed by atoms with Crippen LogP contribution in [0.3, 0.4) is 0 Å². The predicted molar refractivity (Wildman–Crippen MR) is 96.2 cm³/mol. The smallest absolute Gasteiger partial charge is 0.0239 e. The topological polar surface area (TPSA) is 0 Å². The molecule has 1 atom stereocenters. The lowest BCUT2D eigenvalue weighted by atomic mass is 9.97. The van der Waals surface area contributed by atoms with Crippen LogP contribution >= 0.6 is 0 Å². The molecule has 20 heavy (non-hydrogen) atoms. The van der Waals surface area contributed by atoms with Gasteiger partial charge in [-0.15, -0.1) is 0 Å². The third-order valence-corrected chi connectivity index (χ3v) is 3.88. The van der Waals surface area contributed by atoms with E-state index < -0.39 is 0 Å². The Morgan fingerprint density at radius 3 is 1.90 bits per heavy atom. The highest BCUT2D eigenvalue weighted by Crippen LogP contribution is 2.11. The van der Waals surface area contributed by atoms with E-state index in [1.807, 2.05) is 0 Å². The fourth-order valence-electron chi connectivity index (χ4n) is 1.47. The summed E-state index contributed by atoms with van der Waals surface area (Å²) >= 11 is 0. The van der Waals surface area contributed by atoms with E-state index >= 15 is 0 Å². The normalized spacial score (nSPS) is 13.8. The van der Waals surface area contributed by atoms with E-state index in [9.17, 15) is 0 Å². The van der Waals surface area contributed by atoms with Crippen LogP contribution < -0.4 is 0 Å². The molecule has 0 aliphatic rings. The van der Waals surface area contributed by atoms with Crippen molar-refractivity contribution < 1.29 is 0 Å². The maximum Gasteiger partial charge on any atom is -0.0239 e. The molecule has 0 aliphatic carbocycles. The summed E-state index contributed by atoms with van der Waals surface area (Å²) in [6.07, 6.45) is 13.4. The van der Waals surface area contributed by atoms with E-state index in [4.69, 9.17) is 0 Å². The molecule has 0 N–H and O–H groups in total. The fourth-order valence-corrected chi connectivity index (χ4v) is 1.47. The van der Waals surface area contributed by atoms with Crippen LogP contribution in [-0.2, 0) is 0 Å². The molecule has 0 amide bonds. The SMILES string of the molecule is CCCC=CC(C)C(C)C.CCCCC=C(C)C(C)C. The average Bonchev–Trinajstić information content (AvgIpc) is 2.39. The summed E-state index contributed by atoms with van der Waals surface area (Å²) in [6.45, 7) is 18.0. The third kappa shape index (κ3) is 15.5. The Kier molecular flexibility index (Phi) is 16.2. The average molecular weight is 281 g/mol. The van der Waals surface area contributed by atoms with Crippen molar-refractivity contribution in [2.75, 3.05) is 0 Å². The Hall–Kier alpha value is -0.520. The second-order valence-corrected chi connectivity index (χ2v) is 6.57. The van der Waals surface area contributed by atoms with E-state index in [1.54, 1.807) is 0 Å². The monoisotopic (exact) mass is 280 g/mol. The molecule has 0 heteroatoms. The van der Waals surface area contributed by atoms with Crippen molar-refractivity contribution in [3.05, 3.63) is 23.8 Å². The molecule has 120 valence electrons. The minimum absolute atomic E-state index is 0.733. The van der Waals surface area contributed by atoms with E-state index in [2.05, 4.69) is 73.6 Å². The minimum atomic E-state index is 0.733. The summed E-state index contributed by atoms with van der Waals surface area (Å²) in [7, 11) is 0. The van der Waals surface area contributed by atoms with Crippen molar-refractivity contribution in [3.8, 4) is 0 Å². The van der Waals surface area contributed by atoms with Crippen LogP contribution in [0.5, 0.6) is 0 Å². The lowest BCUT2D eigenvalue weighted by molar-refractivity contribution is 0.503. The van der Waals surface area contributed by atoms with Gasteiger partial charge in [0.1, 0.15) is 0 Å². The van der Waals surface area contributed by atoms with Crippen molar-refractivity contribution in [1.29, 1.82) is 0 Å². The van der Waals surface area contributed by atoms with Crippen molar-refractivity contribution in [2.45, 2.75) is 87.5 Å². The zero-order valence-electron chi connectivity index (χ0n) is 15.5. The van der Waals surface area contributed by atoms with Crippen molar-refractivity contribution >= 4 is 0 Å². The van der Waals surface area contributed by atoms with Crippen LogP contribution in [-0.4, -0.2) is 0 Å². The first kappa shape index (κ1) is 21.8. The maximum absolute atomic E-state index is 2.37. The second-order valence-electron chi connectivity index (χ2n) is 6.57. The summed E-state index contributed by atoms with van der Waals surface area (Å²) < 4.78 is 0. The number of allylic oxidation sites excluding steroid dienone is 4. The highest BCUT2D eigenvalue weighted by atomic mass is 14.1. The van der Waals surface area contributed by atoms with Gasteiger partial charge in [0.15, 0.2) is 0 Å². The molecule has 0 rings (SSSR count). The lowest BCUT2D eigenvalue weighted by Gasteiger charge is -2.08. The Balaban J connectivity index is 0. The van der Waals surface area contributed by atoms with E-state index in [1.165, 1.54) is 37.7 Å². The van der Waals surface area contributed by atoms with Crippen LogP contribution in [0.15, 0.2) is 23.8 Å². The number of rotatable bonds is 8. The first-order valence-electron chi connectivity index (χ1n) is 8.69. The van der Waals surface area contributed by atoms with Gasteiger partial charge in [0.2, 0.25) is 0 Å². The number of hydrogen-bond acceptors (Lipinski definition) is 0. The van der Waals surface area contributed by atoms with E-state index in [-0.39, 0.29) is 0 Å². The summed E-state index contributed by atoms with van der Waals surface area (Å²) in [6, 6.07) is 0. The predicted octanol–water partition coefficient (Wildman–Crippen LogP) is 7.41. The van der Waals surface area contributed by atoms with E-state index in [0.717, 1.165) is 17.8 Å². The summed E-state index contributed by atoms with van der Waals surface area (Å²) in [5, 5.41) is 0. The maximum atomic E-state index is 2.37.